The first-order valence-electron chi connectivity index (χ1n) is 6.53. The number of anilines is 1. The molecule has 0 saturated carbocycles. The summed E-state index contributed by atoms with van der Waals surface area (Å²) in [5.74, 6) is -0.677. The molecule has 0 unspecified atom stereocenters. The van der Waals surface area contributed by atoms with Crippen molar-refractivity contribution in [3.63, 3.8) is 0 Å². The van der Waals surface area contributed by atoms with Gasteiger partial charge in [-0.25, -0.2) is 8.42 Å². The first kappa shape index (κ1) is 18.1. The number of halogens is 2. The van der Waals surface area contributed by atoms with E-state index in [1.807, 2.05) is 0 Å². The van der Waals surface area contributed by atoms with Crippen molar-refractivity contribution in [3.05, 3.63) is 45.8 Å². The van der Waals surface area contributed by atoms with Crippen LogP contribution in [0.2, 0.25) is 10.0 Å². The second kappa shape index (κ2) is 7.53. The number of hydrogen-bond donors (Lipinski definition) is 0. The van der Waals surface area contributed by atoms with Crippen LogP contribution in [0.25, 0.3) is 0 Å². The molecule has 1 aromatic heterocycles. The van der Waals surface area contributed by atoms with Gasteiger partial charge in [0.2, 0.25) is 0 Å². The molecular weight excluding hydrogens is 381 g/mol. The Morgan fingerprint density at radius 1 is 1.26 bits per heavy atom. The van der Waals surface area contributed by atoms with Crippen LogP contribution >= 0.6 is 34.5 Å². The van der Waals surface area contributed by atoms with Crippen molar-refractivity contribution < 1.29 is 17.9 Å². The van der Waals surface area contributed by atoms with Gasteiger partial charge < -0.3 is 4.74 Å². The SMILES string of the molecule is CCOC(=O)CN(c1cccc(Cl)c1Cl)S(=O)(=O)c1cccs1. The van der Waals surface area contributed by atoms with Gasteiger partial charge in [0.05, 0.1) is 22.3 Å². The maximum atomic E-state index is 12.8. The Hall–Kier alpha value is -1.28. The van der Waals surface area contributed by atoms with Crippen molar-refractivity contribution >= 4 is 56.2 Å². The van der Waals surface area contributed by atoms with Crippen LogP contribution in [0, 0.1) is 0 Å². The number of nitrogens with zero attached hydrogens (tertiary/aromatic N) is 1. The van der Waals surface area contributed by atoms with Crippen LogP contribution in [-0.2, 0) is 19.6 Å². The Morgan fingerprint density at radius 2 is 2.00 bits per heavy atom. The molecule has 0 bridgehead atoms. The summed E-state index contributed by atoms with van der Waals surface area (Å²) in [6.45, 7) is 1.30. The fraction of sp³-hybridized carbons (Fsp3) is 0.214. The zero-order valence-corrected chi connectivity index (χ0v) is 15.2. The number of benzene rings is 1. The molecule has 0 amide bonds. The molecule has 0 N–H and O–H groups in total. The molecular formula is C14H13Cl2NO4S2. The highest BCUT2D eigenvalue weighted by molar-refractivity contribution is 7.94. The summed E-state index contributed by atoms with van der Waals surface area (Å²) in [5.41, 5.74) is 0.126. The Balaban J connectivity index is 2.52. The molecule has 1 aromatic carbocycles. The molecule has 0 fully saturated rings. The highest BCUT2D eigenvalue weighted by atomic mass is 35.5. The van der Waals surface area contributed by atoms with E-state index in [4.69, 9.17) is 27.9 Å². The summed E-state index contributed by atoms with van der Waals surface area (Å²) in [4.78, 5) is 11.8. The molecule has 0 radical (unpaired) electrons. The summed E-state index contributed by atoms with van der Waals surface area (Å²) in [5, 5.41) is 1.88. The van der Waals surface area contributed by atoms with Crippen LogP contribution in [0.15, 0.2) is 39.9 Å². The molecule has 0 atom stereocenters. The van der Waals surface area contributed by atoms with Crippen LogP contribution < -0.4 is 4.31 Å². The average Bonchev–Trinajstić information content (AvgIpc) is 3.03. The van der Waals surface area contributed by atoms with E-state index in [9.17, 15) is 13.2 Å². The standard InChI is InChI=1S/C14H13Cl2NO4S2/c1-2-21-12(18)9-17(11-6-3-5-10(15)14(11)16)23(19,20)13-7-4-8-22-13/h3-8H,2,9H2,1H3. The maximum absolute atomic E-state index is 12.8. The minimum Gasteiger partial charge on any atom is -0.465 e. The first-order valence-corrected chi connectivity index (χ1v) is 9.61. The minimum atomic E-state index is -3.96. The van der Waals surface area contributed by atoms with Gasteiger partial charge in [0.25, 0.3) is 10.0 Å². The molecule has 0 aliphatic carbocycles. The Morgan fingerprint density at radius 3 is 2.61 bits per heavy atom. The van der Waals surface area contributed by atoms with Gasteiger partial charge in [-0.05, 0) is 30.5 Å². The fourth-order valence-corrected chi connectivity index (χ4v) is 4.80. The summed E-state index contributed by atoms with van der Waals surface area (Å²) in [6, 6.07) is 7.65. The number of carbonyl (C=O) groups excluding carboxylic acids is 1. The van der Waals surface area contributed by atoms with E-state index >= 15 is 0 Å². The normalized spacial score (nSPS) is 11.3. The van der Waals surface area contributed by atoms with Gasteiger partial charge in [-0.2, -0.15) is 0 Å². The molecule has 1 heterocycles. The topological polar surface area (TPSA) is 63.7 Å². The number of esters is 1. The second-order valence-electron chi connectivity index (χ2n) is 4.32. The summed E-state index contributed by atoms with van der Waals surface area (Å²) in [6.07, 6.45) is 0. The van der Waals surface area contributed by atoms with E-state index in [2.05, 4.69) is 0 Å². The second-order valence-corrected chi connectivity index (χ2v) is 8.14. The van der Waals surface area contributed by atoms with Crippen molar-refractivity contribution in [1.29, 1.82) is 0 Å². The summed E-state index contributed by atoms with van der Waals surface area (Å²) < 4.78 is 31.5. The average molecular weight is 394 g/mol. The Kier molecular flexibility index (Phi) is 5.91. The molecule has 2 aromatic rings. The summed E-state index contributed by atoms with van der Waals surface area (Å²) >= 11 is 13.1. The van der Waals surface area contributed by atoms with E-state index in [1.54, 1.807) is 24.4 Å². The van der Waals surface area contributed by atoms with Gasteiger partial charge in [0.15, 0.2) is 0 Å². The number of thiophene rings is 1. The van der Waals surface area contributed by atoms with Gasteiger partial charge in [0.1, 0.15) is 10.8 Å². The lowest BCUT2D eigenvalue weighted by Crippen LogP contribution is -2.36. The number of carbonyl (C=O) groups is 1. The van der Waals surface area contributed by atoms with Crippen LogP contribution in [-0.4, -0.2) is 27.5 Å². The predicted molar refractivity (Wildman–Crippen MR) is 91.9 cm³/mol. The molecule has 0 saturated heterocycles. The molecule has 0 aliphatic rings. The van der Waals surface area contributed by atoms with Crippen molar-refractivity contribution in [1.82, 2.24) is 0 Å². The first-order chi connectivity index (χ1) is 10.9. The quantitative estimate of drug-likeness (QED) is 0.699. The Labute approximate surface area is 148 Å². The van der Waals surface area contributed by atoms with Gasteiger partial charge in [-0.3, -0.25) is 9.10 Å². The van der Waals surface area contributed by atoms with E-state index in [0.717, 1.165) is 15.6 Å². The zero-order chi connectivity index (χ0) is 17.0. The van der Waals surface area contributed by atoms with Crippen LogP contribution in [0.3, 0.4) is 0 Å². The lowest BCUT2D eigenvalue weighted by molar-refractivity contribution is -0.141. The number of hydrogen-bond acceptors (Lipinski definition) is 5. The lowest BCUT2D eigenvalue weighted by atomic mass is 10.3. The van der Waals surface area contributed by atoms with Crippen molar-refractivity contribution in [2.45, 2.75) is 11.1 Å². The van der Waals surface area contributed by atoms with Gasteiger partial charge in [0, 0.05) is 0 Å². The molecule has 2 rings (SSSR count). The molecule has 9 heteroatoms. The van der Waals surface area contributed by atoms with Crippen molar-refractivity contribution in [2.24, 2.45) is 0 Å². The highest BCUT2D eigenvalue weighted by Gasteiger charge is 2.30. The van der Waals surface area contributed by atoms with Gasteiger partial charge in [-0.1, -0.05) is 35.3 Å². The number of rotatable bonds is 6. The third-order valence-electron chi connectivity index (χ3n) is 2.82. The highest BCUT2D eigenvalue weighted by Crippen LogP contribution is 2.36. The van der Waals surface area contributed by atoms with Gasteiger partial charge >= 0.3 is 5.97 Å². The van der Waals surface area contributed by atoms with E-state index in [-0.39, 0.29) is 26.5 Å². The van der Waals surface area contributed by atoms with Crippen molar-refractivity contribution in [3.8, 4) is 0 Å². The monoisotopic (exact) mass is 393 g/mol. The largest absolute Gasteiger partial charge is 0.465 e. The van der Waals surface area contributed by atoms with E-state index in [1.165, 1.54) is 18.2 Å². The molecule has 124 valence electrons. The third kappa shape index (κ3) is 3.98. The van der Waals surface area contributed by atoms with E-state index in [0.29, 0.717) is 0 Å². The number of ether oxygens (including phenoxy) is 1. The van der Waals surface area contributed by atoms with E-state index < -0.39 is 22.5 Å². The minimum absolute atomic E-state index is 0.0543. The third-order valence-corrected chi connectivity index (χ3v) is 6.76. The van der Waals surface area contributed by atoms with Gasteiger partial charge in [-0.15, -0.1) is 11.3 Å². The zero-order valence-electron chi connectivity index (χ0n) is 12.0. The molecule has 5 nitrogen and oxygen atoms in total. The molecule has 0 spiro atoms. The van der Waals surface area contributed by atoms with Crippen LogP contribution in [0.5, 0.6) is 0 Å². The maximum Gasteiger partial charge on any atom is 0.326 e. The smallest absolute Gasteiger partial charge is 0.326 e. The van der Waals surface area contributed by atoms with Crippen LogP contribution in [0.1, 0.15) is 6.92 Å². The van der Waals surface area contributed by atoms with Crippen LogP contribution in [0.4, 0.5) is 5.69 Å². The Bertz CT molecular complexity index is 791. The lowest BCUT2D eigenvalue weighted by Gasteiger charge is -2.24. The fourth-order valence-electron chi connectivity index (χ4n) is 1.83. The summed E-state index contributed by atoms with van der Waals surface area (Å²) in [7, 11) is -3.96. The predicted octanol–water partition coefficient (Wildman–Crippen LogP) is 3.81. The molecule has 0 aliphatic heterocycles. The van der Waals surface area contributed by atoms with Crippen molar-refractivity contribution in [2.75, 3.05) is 17.5 Å². The molecule has 23 heavy (non-hydrogen) atoms. The number of sulfonamides is 1.